The van der Waals surface area contributed by atoms with Crippen molar-refractivity contribution < 1.29 is 14.0 Å². The summed E-state index contributed by atoms with van der Waals surface area (Å²) in [5.74, 6) is -1.10. The zero-order chi connectivity index (χ0) is 17.3. The molecule has 24 heavy (non-hydrogen) atoms. The van der Waals surface area contributed by atoms with Gasteiger partial charge in [0.25, 0.3) is 5.91 Å². The SMILES string of the molecule is Cn1cc(C(=O)C[C@@H]2CCCN2C(=O)c2ccc(Cl)cc2F)cn1. The number of halogens is 2. The standard InChI is InChI=1S/C17H17ClFN3O2/c1-21-10-11(9-20-21)16(23)8-13-3-2-6-22(13)17(24)14-5-4-12(18)7-15(14)19/h4-5,7,9-10,13H,2-3,6,8H2,1H3/t13-/m0/s1. The summed E-state index contributed by atoms with van der Waals surface area (Å²) in [5.41, 5.74) is 0.509. The van der Waals surface area contributed by atoms with Crippen molar-refractivity contribution >= 4 is 23.3 Å². The fourth-order valence-electron chi connectivity index (χ4n) is 3.03. The summed E-state index contributed by atoms with van der Waals surface area (Å²) in [4.78, 5) is 26.6. The van der Waals surface area contributed by atoms with Crippen LogP contribution in [-0.2, 0) is 7.05 Å². The molecule has 0 saturated carbocycles. The average Bonchev–Trinajstić information content (AvgIpc) is 3.15. The van der Waals surface area contributed by atoms with E-state index in [2.05, 4.69) is 5.10 Å². The van der Waals surface area contributed by atoms with Gasteiger partial charge in [-0.25, -0.2) is 4.39 Å². The molecular weight excluding hydrogens is 333 g/mol. The van der Waals surface area contributed by atoms with Crippen LogP contribution >= 0.6 is 11.6 Å². The Bertz CT molecular complexity index is 790. The first-order chi connectivity index (χ1) is 11.5. The van der Waals surface area contributed by atoms with Gasteiger partial charge in [0.15, 0.2) is 5.78 Å². The molecule has 0 bridgehead atoms. The largest absolute Gasteiger partial charge is 0.335 e. The molecule has 1 amide bonds. The normalized spacial score (nSPS) is 17.3. The highest BCUT2D eigenvalue weighted by atomic mass is 35.5. The van der Waals surface area contributed by atoms with Crippen molar-refractivity contribution in [3.63, 3.8) is 0 Å². The van der Waals surface area contributed by atoms with Crippen molar-refractivity contribution in [2.75, 3.05) is 6.54 Å². The highest BCUT2D eigenvalue weighted by molar-refractivity contribution is 6.30. The van der Waals surface area contributed by atoms with Gasteiger partial charge in [0, 0.05) is 37.3 Å². The molecule has 1 aliphatic heterocycles. The molecule has 1 saturated heterocycles. The second-order valence-corrected chi connectivity index (χ2v) is 6.39. The third-order valence-electron chi connectivity index (χ3n) is 4.25. The Kier molecular flexibility index (Phi) is 4.66. The molecule has 1 fully saturated rings. The van der Waals surface area contributed by atoms with Crippen molar-refractivity contribution in [3.05, 3.63) is 52.6 Å². The Balaban J connectivity index is 1.75. The van der Waals surface area contributed by atoms with E-state index in [1.165, 1.54) is 18.3 Å². The number of likely N-dealkylation sites (tertiary alicyclic amines) is 1. The van der Waals surface area contributed by atoms with E-state index < -0.39 is 11.7 Å². The lowest BCUT2D eigenvalue weighted by Gasteiger charge is -2.24. The van der Waals surface area contributed by atoms with E-state index in [0.29, 0.717) is 12.1 Å². The molecule has 5 nitrogen and oxygen atoms in total. The van der Waals surface area contributed by atoms with Gasteiger partial charge in [-0.15, -0.1) is 0 Å². The third-order valence-corrected chi connectivity index (χ3v) is 4.48. The zero-order valence-corrected chi connectivity index (χ0v) is 14.0. The van der Waals surface area contributed by atoms with E-state index in [9.17, 15) is 14.0 Å². The van der Waals surface area contributed by atoms with Gasteiger partial charge in [0.05, 0.1) is 17.3 Å². The first kappa shape index (κ1) is 16.6. The van der Waals surface area contributed by atoms with Gasteiger partial charge in [-0.2, -0.15) is 5.10 Å². The lowest BCUT2D eigenvalue weighted by atomic mass is 10.0. The number of carbonyl (C=O) groups excluding carboxylic acids is 2. The van der Waals surface area contributed by atoms with Crippen LogP contribution in [0.25, 0.3) is 0 Å². The van der Waals surface area contributed by atoms with Gasteiger partial charge >= 0.3 is 0 Å². The Hall–Kier alpha value is -2.21. The van der Waals surface area contributed by atoms with E-state index >= 15 is 0 Å². The van der Waals surface area contributed by atoms with Crippen LogP contribution in [0.5, 0.6) is 0 Å². The maximum absolute atomic E-state index is 14.0. The van der Waals surface area contributed by atoms with Crippen LogP contribution < -0.4 is 0 Å². The Morgan fingerprint density at radius 1 is 1.42 bits per heavy atom. The first-order valence-corrected chi connectivity index (χ1v) is 8.11. The topological polar surface area (TPSA) is 55.2 Å². The van der Waals surface area contributed by atoms with Crippen molar-refractivity contribution in [1.82, 2.24) is 14.7 Å². The van der Waals surface area contributed by atoms with Crippen LogP contribution in [0.15, 0.2) is 30.6 Å². The molecular formula is C17H17ClFN3O2. The predicted molar refractivity (Wildman–Crippen MR) is 87.6 cm³/mol. The van der Waals surface area contributed by atoms with Gasteiger partial charge in [-0.3, -0.25) is 14.3 Å². The van der Waals surface area contributed by atoms with Crippen molar-refractivity contribution in [1.29, 1.82) is 0 Å². The van der Waals surface area contributed by atoms with Crippen molar-refractivity contribution in [2.45, 2.75) is 25.3 Å². The van der Waals surface area contributed by atoms with E-state index in [0.717, 1.165) is 18.9 Å². The lowest BCUT2D eigenvalue weighted by Crippen LogP contribution is -2.37. The van der Waals surface area contributed by atoms with Crippen LogP contribution in [0.2, 0.25) is 5.02 Å². The molecule has 3 rings (SSSR count). The highest BCUT2D eigenvalue weighted by Gasteiger charge is 2.32. The molecule has 0 radical (unpaired) electrons. The molecule has 2 aromatic rings. The van der Waals surface area contributed by atoms with Crippen LogP contribution in [0.3, 0.4) is 0 Å². The van der Waals surface area contributed by atoms with Crippen LogP contribution in [0.4, 0.5) is 4.39 Å². The molecule has 0 unspecified atom stereocenters. The number of hydrogen-bond donors (Lipinski definition) is 0. The van der Waals surface area contributed by atoms with E-state index in [1.807, 2.05) is 0 Å². The lowest BCUT2D eigenvalue weighted by molar-refractivity contribution is 0.0713. The quantitative estimate of drug-likeness (QED) is 0.797. The van der Waals surface area contributed by atoms with Gasteiger partial charge in [0.2, 0.25) is 0 Å². The monoisotopic (exact) mass is 349 g/mol. The van der Waals surface area contributed by atoms with E-state index in [1.54, 1.807) is 22.8 Å². The number of amides is 1. The van der Waals surface area contributed by atoms with Crippen LogP contribution in [-0.4, -0.2) is 39.0 Å². The number of nitrogens with zero attached hydrogens (tertiary/aromatic N) is 3. The second kappa shape index (κ2) is 6.73. The number of ketones is 1. The fraction of sp³-hybridized carbons (Fsp3) is 0.353. The summed E-state index contributed by atoms with van der Waals surface area (Å²) < 4.78 is 15.6. The summed E-state index contributed by atoms with van der Waals surface area (Å²) in [6, 6.07) is 3.78. The Morgan fingerprint density at radius 2 is 2.21 bits per heavy atom. The summed E-state index contributed by atoms with van der Waals surface area (Å²) >= 11 is 5.73. The van der Waals surface area contributed by atoms with E-state index in [-0.39, 0.29) is 28.8 Å². The van der Waals surface area contributed by atoms with Gasteiger partial charge in [-0.05, 0) is 31.0 Å². The van der Waals surface area contributed by atoms with Crippen molar-refractivity contribution in [3.8, 4) is 0 Å². The smallest absolute Gasteiger partial charge is 0.257 e. The number of benzene rings is 1. The highest BCUT2D eigenvalue weighted by Crippen LogP contribution is 2.25. The number of hydrogen-bond acceptors (Lipinski definition) is 3. The third kappa shape index (κ3) is 3.33. The number of aryl methyl sites for hydroxylation is 1. The fourth-order valence-corrected chi connectivity index (χ4v) is 3.19. The molecule has 0 aliphatic carbocycles. The maximum atomic E-state index is 14.0. The second-order valence-electron chi connectivity index (χ2n) is 5.95. The molecule has 126 valence electrons. The predicted octanol–water partition coefficient (Wildman–Crippen LogP) is 3.09. The zero-order valence-electron chi connectivity index (χ0n) is 13.2. The number of carbonyl (C=O) groups is 2. The molecule has 1 aromatic carbocycles. The van der Waals surface area contributed by atoms with Crippen LogP contribution in [0.1, 0.15) is 40.0 Å². The summed E-state index contributed by atoms with van der Waals surface area (Å²) in [5, 5.41) is 4.23. The van der Waals surface area contributed by atoms with Gasteiger partial charge < -0.3 is 4.90 Å². The molecule has 2 heterocycles. The average molecular weight is 350 g/mol. The Labute approximate surface area is 144 Å². The Morgan fingerprint density at radius 3 is 2.88 bits per heavy atom. The van der Waals surface area contributed by atoms with Crippen LogP contribution in [0, 0.1) is 5.82 Å². The number of Topliss-reactive ketones (excluding diaryl/α,β-unsaturated/α-hetero) is 1. The molecule has 7 heteroatoms. The minimum atomic E-state index is -0.642. The number of rotatable bonds is 4. The number of aromatic nitrogens is 2. The molecule has 0 spiro atoms. The minimum absolute atomic E-state index is 0.0138. The van der Waals surface area contributed by atoms with Gasteiger partial charge in [-0.1, -0.05) is 11.6 Å². The first-order valence-electron chi connectivity index (χ1n) is 7.73. The maximum Gasteiger partial charge on any atom is 0.257 e. The minimum Gasteiger partial charge on any atom is -0.335 e. The molecule has 1 aliphatic rings. The molecule has 0 N–H and O–H groups in total. The molecule has 1 atom stereocenters. The van der Waals surface area contributed by atoms with E-state index in [4.69, 9.17) is 11.6 Å². The molecule has 1 aromatic heterocycles. The summed E-state index contributed by atoms with van der Waals surface area (Å²) in [6.45, 7) is 0.520. The van der Waals surface area contributed by atoms with Gasteiger partial charge in [0.1, 0.15) is 5.82 Å². The summed E-state index contributed by atoms with van der Waals surface area (Å²) in [6.07, 6.45) is 4.91. The summed E-state index contributed by atoms with van der Waals surface area (Å²) in [7, 11) is 1.74. The van der Waals surface area contributed by atoms with Crippen molar-refractivity contribution in [2.24, 2.45) is 7.05 Å².